The van der Waals surface area contributed by atoms with Gasteiger partial charge in [0, 0.05) is 11.6 Å². The van der Waals surface area contributed by atoms with Crippen molar-refractivity contribution in [1.82, 2.24) is 9.55 Å². The van der Waals surface area contributed by atoms with Gasteiger partial charge < -0.3 is 9.67 Å². The van der Waals surface area contributed by atoms with E-state index in [0.29, 0.717) is 10.8 Å². The second kappa shape index (κ2) is 3.59. The average molecular weight is 211 g/mol. The molecule has 4 heteroatoms. The topological polar surface area (TPSA) is 38.0 Å². The Balaban J connectivity index is 2.73. The molecule has 0 bridgehead atoms. The molecule has 2 rings (SSSR count). The Kier molecular flexibility index (Phi) is 2.44. The van der Waals surface area contributed by atoms with E-state index in [4.69, 9.17) is 16.7 Å². The molecule has 0 amide bonds. The van der Waals surface area contributed by atoms with E-state index in [1.54, 1.807) is 0 Å². The predicted octanol–water partition coefficient (Wildman–Crippen LogP) is 2.20. The van der Waals surface area contributed by atoms with Gasteiger partial charge in [-0.15, -0.1) is 0 Å². The van der Waals surface area contributed by atoms with Crippen molar-refractivity contribution in [3.8, 4) is 0 Å². The maximum absolute atomic E-state index is 9.10. The highest BCUT2D eigenvalue weighted by atomic mass is 35.5. The van der Waals surface area contributed by atoms with Crippen molar-refractivity contribution in [2.24, 2.45) is 0 Å². The molecule has 0 aliphatic rings. The normalized spacial score (nSPS) is 11.1. The second-order valence-corrected chi connectivity index (χ2v) is 3.50. The van der Waals surface area contributed by atoms with Crippen molar-refractivity contribution < 1.29 is 5.11 Å². The first-order valence-corrected chi connectivity index (χ1v) is 4.89. The van der Waals surface area contributed by atoms with Crippen LogP contribution < -0.4 is 0 Å². The van der Waals surface area contributed by atoms with E-state index >= 15 is 0 Å². The van der Waals surface area contributed by atoms with Gasteiger partial charge in [0.15, 0.2) is 0 Å². The van der Waals surface area contributed by atoms with Crippen LogP contribution in [0, 0.1) is 0 Å². The Hall–Kier alpha value is -1.06. The first kappa shape index (κ1) is 9.49. The summed E-state index contributed by atoms with van der Waals surface area (Å²) in [6, 6.07) is 5.56. The highest BCUT2D eigenvalue weighted by molar-refractivity contribution is 6.31. The lowest BCUT2D eigenvalue weighted by atomic mass is 10.3. The third-order valence-corrected chi connectivity index (χ3v) is 2.48. The quantitative estimate of drug-likeness (QED) is 0.825. The predicted molar refractivity (Wildman–Crippen MR) is 56.3 cm³/mol. The standard InChI is InChI=1S/C10H11ClN2O/c1-2-13-9-4-3-7(11)5-8(9)12-10(13)6-14/h3-5,14H,2,6H2,1H3. The van der Waals surface area contributed by atoms with Gasteiger partial charge >= 0.3 is 0 Å². The first-order chi connectivity index (χ1) is 6.76. The Morgan fingerprint density at radius 1 is 1.50 bits per heavy atom. The number of fused-ring (bicyclic) bond motifs is 1. The fourth-order valence-corrected chi connectivity index (χ4v) is 1.79. The number of nitrogens with zero attached hydrogens (tertiary/aromatic N) is 2. The first-order valence-electron chi connectivity index (χ1n) is 4.51. The zero-order chi connectivity index (χ0) is 10.1. The summed E-state index contributed by atoms with van der Waals surface area (Å²) in [6.45, 7) is 2.78. The van der Waals surface area contributed by atoms with Crippen LogP contribution in [0.5, 0.6) is 0 Å². The zero-order valence-electron chi connectivity index (χ0n) is 7.87. The number of aryl methyl sites for hydroxylation is 1. The van der Waals surface area contributed by atoms with Crippen molar-refractivity contribution in [3.05, 3.63) is 29.0 Å². The Morgan fingerprint density at radius 3 is 2.93 bits per heavy atom. The molecule has 2 aromatic rings. The molecule has 0 aliphatic carbocycles. The summed E-state index contributed by atoms with van der Waals surface area (Å²) in [5.74, 6) is 0.685. The minimum atomic E-state index is -0.0415. The molecule has 0 saturated carbocycles. The van der Waals surface area contributed by atoms with E-state index in [0.717, 1.165) is 17.6 Å². The van der Waals surface area contributed by atoms with Gasteiger partial charge in [0.05, 0.1) is 11.0 Å². The maximum atomic E-state index is 9.10. The second-order valence-electron chi connectivity index (χ2n) is 3.06. The minimum absolute atomic E-state index is 0.0415. The molecule has 74 valence electrons. The third kappa shape index (κ3) is 1.38. The van der Waals surface area contributed by atoms with Crippen LogP contribution >= 0.6 is 11.6 Å². The highest BCUT2D eigenvalue weighted by Gasteiger charge is 2.07. The number of halogens is 1. The van der Waals surface area contributed by atoms with Gasteiger partial charge in [-0.05, 0) is 25.1 Å². The lowest BCUT2D eigenvalue weighted by Gasteiger charge is -2.02. The van der Waals surface area contributed by atoms with Crippen molar-refractivity contribution in [2.75, 3.05) is 0 Å². The minimum Gasteiger partial charge on any atom is -0.388 e. The van der Waals surface area contributed by atoms with Crippen LogP contribution in [-0.2, 0) is 13.2 Å². The van der Waals surface area contributed by atoms with Gasteiger partial charge in [0.25, 0.3) is 0 Å². The Bertz CT molecular complexity index is 464. The molecule has 0 spiro atoms. The van der Waals surface area contributed by atoms with E-state index in [2.05, 4.69) is 4.98 Å². The molecule has 0 saturated heterocycles. The molecule has 0 unspecified atom stereocenters. The van der Waals surface area contributed by atoms with E-state index in [1.165, 1.54) is 0 Å². The maximum Gasteiger partial charge on any atom is 0.135 e. The fraction of sp³-hybridized carbons (Fsp3) is 0.300. The van der Waals surface area contributed by atoms with E-state index in [9.17, 15) is 0 Å². The molecule has 3 nitrogen and oxygen atoms in total. The van der Waals surface area contributed by atoms with Gasteiger partial charge in [0.2, 0.25) is 0 Å². The summed E-state index contributed by atoms with van der Waals surface area (Å²) in [7, 11) is 0. The number of rotatable bonds is 2. The van der Waals surface area contributed by atoms with Crippen LogP contribution in [0.15, 0.2) is 18.2 Å². The molecule has 1 heterocycles. The zero-order valence-corrected chi connectivity index (χ0v) is 8.62. The molecule has 1 aromatic heterocycles. The van der Waals surface area contributed by atoms with Crippen LogP contribution in [0.1, 0.15) is 12.7 Å². The Labute approximate surface area is 86.9 Å². The van der Waals surface area contributed by atoms with Crippen molar-refractivity contribution >= 4 is 22.6 Å². The number of hydrogen-bond acceptors (Lipinski definition) is 2. The van der Waals surface area contributed by atoms with Crippen molar-refractivity contribution in [2.45, 2.75) is 20.1 Å². The SMILES string of the molecule is CCn1c(CO)nc2cc(Cl)ccc21. The molecule has 0 fully saturated rings. The summed E-state index contributed by atoms with van der Waals surface area (Å²) < 4.78 is 1.98. The molecule has 0 radical (unpaired) electrons. The van der Waals surface area contributed by atoms with Gasteiger partial charge in [-0.25, -0.2) is 4.98 Å². The summed E-state index contributed by atoms with van der Waals surface area (Å²) in [4.78, 5) is 4.29. The lowest BCUT2D eigenvalue weighted by Crippen LogP contribution is -2.00. The highest BCUT2D eigenvalue weighted by Crippen LogP contribution is 2.20. The number of hydrogen-bond donors (Lipinski definition) is 1. The van der Waals surface area contributed by atoms with Gasteiger partial charge in [-0.2, -0.15) is 0 Å². The van der Waals surface area contributed by atoms with Crippen LogP contribution in [0.4, 0.5) is 0 Å². The molecule has 0 aliphatic heterocycles. The van der Waals surface area contributed by atoms with E-state index < -0.39 is 0 Å². The van der Waals surface area contributed by atoms with Crippen LogP contribution in [0.2, 0.25) is 5.02 Å². The third-order valence-electron chi connectivity index (χ3n) is 2.25. The number of imidazole rings is 1. The molecular formula is C10H11ClN2O. The van der Waals surface area contributed by atoms with Crippen LogP contribution in [0.3, 0.4) is 0 Å². The van der Waals surface area contributed by atoms with Crippen molar-refractivity contribution in [3.63, 3.8) is 0 Å². The summed E-state index contributed by atoms with van der Waals surface area (Å²) >= 11 is 5.85. The lowest BCUT2D eigenvalue weighted by molar-refractivity contribution is 0.266. The Morgan fingerprint density at radius 2 is 2.29 bits per heavy atom. The number of aliphatic hydroxyl groups excluding tert-OH is 1. The summed E-state index contributed by atoms with van der Waals surface area (Å²) in [6.07, 6.45) is 0. The van der Waals surface area contributed by atoms with E-state index in [-0.39, 0.29) is 6.61 Å². The van der Waals surface area contributed by atoms with Gasteiger partial charge in [0.1, 0.15) is 12.4 Å². The summed E-state index contributed by atoms with van der Waals surface area (Å²) in [5.41, 5.74) is 1.85. The molecule has 1 aromatic carbocycles. The number of aliphatic hydroxyl groups is 1. The van der Waals surface area contributed by atoms with Crippen LogP contribution in [-0.4, -0.2) is 14.7 Å². The van der Waals surface area contributed by atoms with E-state index in [1.807, 2.05) is 29.7 Å². The number of aromatic nitrogens is 2. The van der Waals surface area contributed by atoms with Crippen LogP contribution in [0.25, 0.3) is 11.0 Å². The van der Waals surface area contributed by atoms with Gasteiger partial charge in [-0.3, -0.25) is 0 Å². The molecule has 0 atom stereocenters. The number of benzene rings is 1. The molecule has 14 heavy (non-hydrogen) atoms. The molecular weight excluding hydrogens is 200 g/mol. The average Bonchev–Trinajstić information content (AvgIpc) is 2.54. The molecule has 1 N–H and O–H groups in total. The van der Waals surface area contributed by atoms with Gasteiger partial charge in [-0.1, -0.05) is 11.6 Å². The smallest absolute Gasteiger partial charge is 0.135 e. The summed E-state index contributed by atoms with van der Waals surface area (Å²) in [5, 5.41) is 9.77. The fourth-order valence-electron chi connectivity index (χ4n) is 1.63. The largest absolute Gasteiger partial charge is 0.388 e. The monoisotopic (exact) mass is 210 g/mol. The van der Waals surface area contributed by atoms with Crippen molar-refractivity contribution in [1.29, 1.82) is 0 Å².